The zero-order valence-corrected chi connectivity index (χ0v) is 13.4. The van der Waals surface area contributed by atoms with Gasteiger partial charge in [-0.25, -0.2) is 4.39 Å². The first-order valence-electron chi connectivity index (χ1n) is 7.12. The number of amides is 1. The Balaban J connectivity index is 2.51. The van der Waals surface area contributed by atoms with Crippen LogP contribution in [0.4, 0.5) is 4.39 Å². The van der Waals surface area contributed by atoms with E-state index in [0.717, 1.165) is 6.42 Å². The van der Waals surface area contributed by atoms with Gasteiger partial charge in [-0.3, -0.25) is 4.79 Å². The van der Waals surface area contributed by atoms with E-state index in [0.29, 0.717) is 12.1 Å². The molecule has 0 saturated carbocycles. The number of carbonyl (C=O) groups excluding carboxylic acids is 1. The summed E-state index contributed by atoms with van der Waals surface area (Å²) in [6.07, 6.45) is 4.68. The van der Waals surface area contributed by atoms with Gasteiger partial charge in [0.05, 0.1) is 0 Å². The molecule has 0 fully saturated rings. The molecule has 0 aliphatic rings. The predicted molar refractivity (Wildman–Crippen MR) is 83.9 cm³/mol. The van der Waals surface area contributed by atoms with Gasteiger partial charge in [-0.1, -0.05) is 40.0 Å². The highest BCUT2D eigenvalue weighted by Gasteiger charge is 2.19. The van der Waals surface area contributed by atoms with E-state index in [1.807, 2.05) is 0 Å². The number of rotatable bonds is 7. The lowest BCUT2D eigenvalue weighted by atomic mass is 9.87. The second-order valence-corrected chi connectivity index (χ2v) is 6.45. The summed E-state index contributed by atoms with van der Waals surface area (Å²) in [5.74, 6) is -0.589. The van der Waals surface area contributed by atoms with E-state index in [4.69, 9.17) is 0 Å². The van der Waals surface area contributed by atoms with E-state index in [1.54, 1.807) is 0 Å². The van der Waals surface area contributed by atoms with E-state index in [2.05, 4.69) is 38.7 Å². The molecular weight excluding hydrogens is 273 g/mol. The minimum Gasteiger partial charge on any atom is -0.352 e. The summed E-state index contributed by atoms with van der Waals surface area (Å²) in [7, 11) is 0. The van der Waals surface area contributed by atoms with Gasteiger partial charge < -0.3 is 5.32 Å². The van der Waals surface area contributed by atoms with Gasteiger partial charge in [-0.15, -0.1) is 12.6 Å². The highest BCUT2D eigenvalue weighted by atomic mass is 32.1. The topological polar surface area (TPSA) is 29.1 Å². The highest BCUT2D eigenvalue weighted by Crippen LogP contribution is 2.23. The number of unbranched alkanes of at least 4 members (excludes halogenated alkanes) is 2. The molecule has 0 radical (unpaired) electrons. The summed E-state index contributed by atoms with van der Waals surface area (Å²) >= 11 is 3.99. The zero-order valence-electron chi connectivity index (χ0n) is 12.5. The Morgan fingerprint density at radius 1 is 1.35 bits per heavy atom. The third-order valence-electron chi connectivity index (χ3n) is 3.39. The van der Waals surface area contributed by atoms with Crippen LogP contribution in [0.15, 0.2) is 23.1 Å². The minimum absolute atomic E-state index is 0.0780. The number of halogens is 1. The number of carbonyl (C=O) groups is 1. The Morgan fingerprint density at radius 2 is 2.05 bits per heavy atom. The molecule has 0 unspecified atom stereocenters. The van der Waals surface area contributed by atoms with Crippen molar-refractivity contribution in [2.24, 2.45) is 5.41 Å². The van der Waals surface area contributed by atoms with Crippen molar-refractivity contribution in [2.75, 3.05) is 6.54 Å². The van der Waals surface area contributed by atoms with Crippen molar-refractivity contribution in [3.05, 3.63) is 29.6 Å². The monoisotopic (exact) mass is 297 g/mol. The largest absolute Gasteiger partial charge is 0.352 e. The van der Waals surface area contributed by atoms with Crippen molar-refractivity contribution in [2.45, 2.75) is 51.3 Å². The number of hydrogen-bond acceptors (Lipinski definition) is 2. The zero-order chi connectivity index (χ0) is 15.2. The fourth-order valence-corrected chi connectivity index (χ4v) is 2.23. The predicted octanol–water partition coefficient (Wildman–Crippen LogP) is 4.45. The van der Waals surface area contributed by atoms with Crippen LogP contribution in [0, 0.1) is 11.2 Å². The van der Waals surface area contributed by atoms with Gasteiger partial charge in [0.25, 0.3) is 5.91 Å². The molecule has 0 aromatic heterocycles. The lowest BCUT2D eigenvalue weighted by Gasteiger charge is -2.25. The van der Waals surface area contributed by atoms with Crippen LogP contribution in [-0.2, 0) is 0 Å². The van der Waals surface area contributed by atoms with E-state index in [1.165, 1.54) is 37.5 Å². The SMILES string of the molecule is CCCCCC(C)(C)CNC(=O)c1ccc(F)c(S)c1. The molecule has 0 bridgehead atoms. The standard InChI is InChI=1S/C16H24FNOS/c1-4-5-6-9-16(2,3)11-18-15(19)12-7-8-13(17)14(20)10-12/h7-8,10,20H,4-6,9,11H2,1-3H3,(H,18,19). The van der Waals surface area contributed by atoms with Crippen LogP contribution in [-0.4, -0.2) is 12.5 Å². The van der Waals surface area contributed by atoms with Crippen molar-refractivity contribution < 1.29 is 9.18 Å². The third kappa shape index (κ3) is 5.53. The molecule has 0 saturated heterocycles. The maximum atomic E-state index is 13.1. The lowest BCUT2D eigenvalue weighted by molar-refractivity contribution is 0.0933. The maximum absolute atomic E-state index is 13.1. The molecule has 1 aromatic carbocycles. The molecule has 1 amide bonds. The summed E-state index contributed by atoms with van der Waals surface area (Å²) in [6, 6.07) is 4.20. The molecule has 0 spiro atoms. The second kappa shape index (κ2) is 7.67. The summed E-state index contributed by atoms with van der Waals surface area (Å²) < 4.78 is 13.1. The number of thiol groups is 1. The van der Waals surface area contributed by atoms with Gasteiger partial charge >= 0.3 is 0 Å². The molecule has 1 N–H and O–H groups in total. The number of nitrogens with one attached hydrogen (secondary N) is 1. The van der Waals surface area contributed by atoms with Gasteiger partial charge in [0.15, 0.2) is 0 Å². The second-order valence-electron chi connectivity index (χ2n) is 5.97. The third-order valence-corrected chi connectivity index (χ3v) is 3.74. The maximum Gasteiger partial charge on any atom is 0.251 e. The summed E-state index contributed by atoms with van der Waals surface area (Å²) in [6.45, 7) is 7.10. The summed E-state index contributed by atoms with van der Waals surface area (Å²) in [5, 5.41) is 2.92. The van der Waals surface area contributed by atoms with Crippen molar-refractivity contribution in [1.82, 2.24) is 5.32 Å². The fourth-order valence-electron chi connectivity index (χ4n) is 2.02. The Bertz CT molecular complexity index is 460. The smallest absolute Gasteiger partial charge is 0.251 e. The quantitative estimate of drug-likeness (QED) is 0.565. The molecule has 0 atom stereocenters. The molecule has 112 valence electrons. The number of hydrogen-bond donors (Lipinski definition) is 2. The first-order valence-corrected chi connectivity index (χ1v) is 7.57. The van der Waals surface area contributed by atoms with Crippen molar-refractivity contribution >= 4 is 18.5 Å². The van der Waals surface area contributed by atoms with Crippen LogP contribution in [0.3, 0.4) is 0 Å². The first kappa shape index (κ1) is 17.0. The van der Waals surface area contributed by atoms with Gasteiger partial charge in [0, 0.05) is 17.0 Å². The van der Waals surface area contributed by atoms with Crippen molar-refractivity contribution in [3.63, 3.8) is 0 Å². The van der Waals surface area contributed by atoms with Crippen molar-refractivity contribution in [1.29, 1.82) is 0 Å². The minimum atomic E-state index is -0.412. The number of benzene rings is 1. The van der Waals surface area contributed by atoms with Gasteiger partial charge in [-0.2, -0.15) is 0 Å². The van der Waals surface area contributed by atoms with Crippen molar-refractivity contribution in [3.8, 4) is 0 Å². The molecule has 0 aliphatic carbocycles. The van der Waals surface area contributed by atoms with Gasteiger partial charge in [0.2, 0.25) is 0 Å². The Hall–Kier alpha value is -1.03. The normalized spacial score (nSPS) is 11.4. The van der Waals surface area contributed by atoms with Gasteiger partial charge in [-0.05, 0) is 30.0 Å². The van der Waals surface area contributed by atoms with E-state index in [-0.39, 0.29) is 16.2 Å². The van der Waals surface area contributed by atoms with Gasteiger partial charge in [0.1, 0.15) is 5.82 Å². The Labute approximate surface area is 126 Å². The summed E-state index contributed by atoms with van der Waals surface area (Å²) in [5.41, 5.74) is 0.523. The molecule has 0 aliphatic heterocycles. The van der Waals surface area contributed by atoms with Crippen LogP contribution in [0.2, 0.25) is 0 Å². The average Bonchev–Trinajstić information content (AvgIpc) is 2.39. The van der Waals surface area contributed by atoms with E-state index < -0.39 is 5.82 Å². The first-order chi connectivity index (χ1) is 9.35. The Kier molecular flexibility index (Phi) is 6.53. The molecule has 0 heterocycles. The molecule has 1 rings (SSSR count). The molecule has 2 nitrogen and oxygen atoms in total. The Morgan fingerprint density at radius 3 is 2.65 bits per heavy atom. The molecule has 20 heavy (non-hydrogen) atoms. The van der Waals surface area contributed by atoms with Crippen LogP contribution in [0.1, 0.15) is 56.8 Å². The summed E-state index contributed by atoms with van der Waals surface area (Å²) in [4.78, 5) is 12.2. The van der Waals surface area contributed by atoms with E-state index >= 15 is 0 Å². The average molecular weight is 297 g/mol. The van der Waals surface area contributed by atoms with Crippen LogP contribution < -0.4 is 5.32 Å². The van der Waals surface area contributed by atoms with Crippen LogP contribution in [0.25, 0.3) is 0 Å². The van der Waals surface area contributed by atoms with Crippen LogP contribution >= 0.6 is 12.6 Å². The highest BCUT2D eigenvalue weighted by molar-refractivity contribution is 7.80. The van der Waals surface area contributed by atoms with E-state index in [9.17, 15) is 9.18 Å². The molecular formula is C16H24FNOS. The molecule has 1 aromatic rings. The fraction of sp³-hybridized carbons (Fsp3) is 0.562. The van der Waals surface area contributed by atoms with Crippen LogP contribution in [0.5, 0.6) is 0 Å². The molecule has 4 heteroatoms. The lowest BCUT2D eigenvalue weighted by Crippen LogP contribution is -2.34.